The van der Waals surface area contributed by atoms with E-state index < -0.39 is 0 Å². The molecule has 4 heteroatoms. The third kappa shape index (κ3) is 4.56. The molecule has 1 aromatic rings. The number of Topliss-reactive ketones (excluding diaryl/α,β-unsaturated/α-hetero) is 1. The van der Waals surface area contributed by atoms with E-state index in [9.17, 15) is 9.18 Å². The molecule has 94 valence electrons. The van der Waals surface area contributed by atoms with E-state index in [1.165, 1.54) is 6.07 Å². The molecule has 0 bridgehead atoms. The number of halogens is 2. The van der Waals surface area contributed by atoms with Gasteiger partial charge in [-0.1, -0.05) is 35.3 Å². The van der Waals surface area contributed by atoms with Gasteiger partial charge < -0.3 is 5.73 Å². The van der Waals surface area contributed by atoms with Gasteiger partial charge in [0.25, 0.3) is 0 Å². The van der Waals surface area contributed by atoms with Gasteiger partial charge in [-0.15, -0.1) is 0 Å². The fraction of sp³-hybridized carbons (Fsp3) is 0.462. The van der Waals surface area contributed by atoms with Gasteiger partial charge in [0, 0.05) is 17.3 Å². The maximum atomic E-state index is 13.5. The third-order valence-corrected chi connectivity index (χ3v) is 3.32. The van der Waals surface area contributed by atoms with Crippen LogP contribution in [0.2, 0.25) is 0 Å². The molecule has 0 aliphatic rings. The summed E-state index contributed by atoms with van der Waals surface area (Å²) >= 11 is 3.18. The number of ketones is 1. The highest BCUT2D eigenvalue weighted by atomic mass is 79.9. The van der Waals surface area contributed by atoms with Gasteiger partial charge in [0.1, 0.15) is 11.6 Å². The Balaban J connectivity index is 2.62. The second-order valence-corrected chi connectivity index (χ2v) is 5.08. The molecule has 1 rings (SSSR count). The monoisotopic (exact) mass is 301 g/mol. The maximum absolute atomic E-state index is 13.5. The lowest BCUT2D eigenvalue weighted by Crippen LogP contribution is -2.18. The molecule has 1 unspecified atom stereocenters. The topological polar surface area (TPSA) is 43.1 Å². The van der Waals surface area contributed by atoms with Gasteiger partial charge in [0.05, 0.1) is 0 Å². The highest BCUT2D eigenvalue weighted by Gasteiger charge is 2.13. The van der Waals surface area contributed by atoms with E-state index in [0.29, 0.717) is 23.0 Å². The van der Waals surface area contributed by atoms with Crippen LogP contribution in [0.1, 0.15) is 25.3 Å². The minimum atomic E-state index is -0.339. The first-order valence-corrected chi connectivity index (χ1v) is 6.51. The summed E-state index contributed by atoms with van der Waals surface area (Å²) < 4.78 is 14.2. The Morgan fingerprint density at radius 3 is 2.76 bits per heavy atom. The van der Waals surface area contributed by atoms with E-state index in [2.05, 4.69) is 15.9 Å². The summed E-state index contributed by atoms with van der Waals surface area (Å²) in [7, 11) is 0. The van der Waals surface area contributed by atoms with Gasteiger partial charge >= 0.3 is 0 Å². The SMILES string of the molecule is CCC(CN)CC(=O)Cc1ccc(Br)cc1F. The molecule has 0 heterocycles. The zero-order valence-electron chi connectivity index (χ0n) is 9.88. The first-order chi connectivity index (χ1) is 8.06. The maximum Gasteiger partial charge on any atom is 0.137 e. The van der Waals surface area contributed by atoms with E-state index in [1.807, 2.05) is 6.92 Å². The normalized spacial score (nSPS) is 12.5. The van der Waals surface area contributed by atoms with Crippen molar-refractivity contribution in [1.82, 2.24) is 0 Å². The van der Waals surface area contributed by atoms with Crippen LogP contribution in [-0.4, -0.2) is 12.3 Å². The highest BCUT2D eigenvalue weighted by molar-refractivity contribution is 9.10. The lowest BCUT2D eigenvalue weighted by molar-refractivity contribution is -0.119. The van der Waals surface area contributed by atoms with Crippen LogP contribution in [-0.2, 0) is 11.2 Å². The molecule has 2 N–H and O–H groups in total. The number of hydrogen-bond acceptors (Lipinski definition) is 2. The molecular weight excluding hydrogens is 285 g/mol. The highest BCUT2D eigenvalue weighted by Crippen LogP contribution is 2.17. The number of carbonyl (C=O) groups excluding carboxylic acids is 1. The first kappa shape index (κ1) is 14.3. The summed E-state index contributed by atoms with van der Waals surface area (Å²) in [5.41, 5.74) is 5.99. The Bertz CT molecular complexity index is 391. The fourth-order valence-corrected chi connectivity index (χ4v) is 2.00. The predicted molar refractivity (Wildman–Crippen MR) is 70.3 cm³/mol. The summed E-state index contributed by atoms with van der Waals surface area (Å²) in [6, 6.07) is 4.76. The number of rotatable bonds is 6. The summed E-state index contributed by atoms with van der Waals surface area (Å²) in [5, 5.41) is 0. The Hall–Kier alpha value is -0.740. The molecular formula is C13H17BrFNO. The van der Waals surface area contributed by atoms with Crippen LogP contribution in [0.25, 0.3) is 0 Å². The van der Waals surface area contributed by atoms with Gasteiger partial charge in [-0.2, -0.15) is 0 Å². The molecule has 0 aliphatic heterocycles. The molecule has 17 heavy (non-hydrogen) atoms. The molecule has 0 aliphatic carbocycles. The molecule has 2 nitrogen and oxygen atoms in total. The van der Waals surface area contributed by atoms with Crippen molar-refractivity contribution in [3.8, 4) is 0 Å². The largest absolute Gasteiger partial charge is 0.330 e. The number of carbonyl (C=O) groups is 1. The minimum Gasteiger partial charge on any atom is -0.330 e. The summed E-state index contributed by atoms with van der Waals surface area (Å²) in [4.78, 5) is 11.7. The van der Waals surface area contributed by atoms with Gasteiger partial charge in [0.15, 0.2) is 0 Å². The summed E-state index contributed by atoms with van der Waals surface area (Å²) in [6.45, 7) is 2.51. The van der Waals surface area contributed by atoms with Crippen LogP contribution in [0.15, 0.2) is 22.7 Å². The lowest BCUT2D eigenvalue weighted by Gasteiger charge is -2.11. The Morgan fingerprint density at radius 1 is 1.53 bits per heavy atom. The van der Waals surface area contributed by atoms with E-state index in [0.717, 1.165) is 6.42 Å². The number of nitrogens with two attached hydrogens (primary N) is 1. The zero-order valence-corrected chi connectivity index (χ0v) is 11.5. The average molecular weight is 302 g/mol. The molecule has 0 saturated heterocycles. The molecule has 0 radical (unpaired) electrons. The molecule has 0 fully saturated rings. The van der Waals surface area contributed by atoms with E-state index in [4.69, 9.17) is 5.73 Å². The summed E-state index contributed by atoms with van der Waals surface area (Å²) in [5.74, 6) is -0.0851. The molecule has 0 amide bonds. The predicted octanol–water partition coefficient (Wildman–Crippen LogP) is 3.07. The Labute approximate surface area is 110 Å². The second kappa shape index (κ2) is 6.87. The van der Waals surface area contributed by atoms with Crippen LogP contribution in [0, 0.1) is 11.7 Å². The van der Waals surface area contributed by atoms with Crippen LogP contribution >= 0.6 is 15.9 Å². The smallest absolute Gasteiger partial charge is 0.137 e. The Kier molecular flexibility index (Phi) is 5.78. The quantitative estimate of drug-likeness (QED) is 0.877. The molecule has 0 saturated carbocycles. The van der Waals surface area contributed by atoms with Crippen LogP contribution in [0.5, 0.6) is 0 Å². The van der Waals surface area contributed by atoms with Crippen molar-refractivity contribution in [3.05, 3.63) is 34.1 Å². The van der Waals surface area contributed by atoms with Crippen molar-refractivity contribution in [1.29, 1.82) is 0 Å². The molecule has 0 spiro atoms. The number of benzene rings is 1. The van der Waals surface area contributed by atoms with E-state index in [1.54, 1.807) is 12.1 Å². The van der Waals surface area contributed by atoms with E-state index in [-0.39, 0.29) is 23.9 Å². The van der Waals surface area contributed by atoms with Gasteiger partial charge in [0.2, 0.25) is 0 Å². The summed E-state index contributed by atoms with van der Waals surface area (Å²) in [6.07, 6.45) is 1.46. The average Bonchev–Trinajstić information content (AvgIpc) is 2.29. The van der Waals surface area contributed by atoms with Crippen LogP contribution in [0.4, 0.5) is 4.39 Å². The molecule has 1 atom stereocenters. The lowest BCUT2D eigenvalue weighted by atomic mass is 9.96. The number of hydrogen-bond donors (Lipinski definition) is 1. The van der Waals surface area contributed by atoms with Crippen molar-refractivity contribution in [2.45, 2.75) is 26.2 Å². The van der Waals surface area contributed by atoms with Crippen molar-refractivity contribution in [2.24, 2.45) is 11.7 Å². The minimum absolute atomic E-state index is 0.0449. The third-order valence-electron chi connectivity index (χ3n) is 2.83. The van der Waals surface area contributed by atoms with Gasteiger partial charge in [-0.3, -0.25) is 4.79 Å². The Morgan fingerprint density at radius 2 is 2.24 bits per heavy atom. The standard InChI is InChI=1S/C13H17BrFNO/c1-2-9(8-16)5-12(17)6-10-3-4-11(14)7-13(10)15/h3-4,7,9H,2,5-6,8,16H2,1H3. The van der Waals surface area contributed by atoms with Crippen LogP contribution < -0.4 is 5.73 Å². The van der Waals surface area contributed by atoms with Crippen molar-refractivity contribution >= 4 is 21.7 Å². The molecule has 1 aromatic carbocycles. The van der Waals surface area contributed by atoms with E-state index >= 15 is 0 Å². The van der Waals surface area contributed by atoms with Crippen molar-refractivity contribution in [3.63, 3.8) is 0 Å². The zero-order chi connectivity index (χ0) is 12.8. The van der Waals surface area contributed by atoms with Gasteiger partial charge in [-0.25, -0.2) is 4.39 Å². The second-order valence-electron chi connectivity index (χ2n) is 4.17. The molecule has 0 aromatic heterocycles. The first-order valence-electron chi connectivity index (χ1n) is 5.72. The van der Waals surface area contributed by atoms with Crippen molar-refractivity contribution in [2.75, 3.05) is 6.54 Å². The van der Waals surface area contributed by atoms with Crippen LogP contribution in [0.3, 0.4) is 0 Å². The van der Waals surface area contributed by atoms with Gasteiger partial charge in [-0.05, 0) is 30.2 Å². The fourth-order valence-electron chi connectivity index (χ4n) is 1.67. The van der Waals surface area contributed by atoms with Crippen molar-refractivity contribution < 1.29 is 9.18 Å².